The first-order valence-corrected chi connectivity index (χ1v) is 7.16. The van der Waals surface area contributed by atoms with Crippen LogP contribution in [0.2, 0.25) is 0 Å². The van der Waals surface area contributed by atoms with Crippen LogP contribution in [0.25, 0.3) is 0 Å². The topological polar surface area (TPSA) is 71.4 Å². The molecule has 1 aromatic heterocycles. The molecule has 2 heterocycles. The van der Waals surface area contributed by atoms with Crippen molar-refractivity contribution in [2.45, 2.75) is 31.1 Å². The third-order valence-electron chi connectivity index (χ3n) is 3.09. The van der Waals surface area contributed by atoms with Crippen molar-refractivity contribution in [1.82, 2.24) is 10.3 Å². The summed E-state index contributed by atoms with van der Waals surface area (Å²) in [6.45, 7) is 1.21. The number of alkyl halides is 3. The van der Waals surface area contributed by atoms with Crippen molar-refractivity contribution >= 4 is 29.2 Å². The molecule has 0 bridgehead atoms. The fourth-order valence-corrected chi connectivity index (χ4v) is 2.75. The van der Waals surface area contributed by atoms with Gasteiger partial charge in [-0.1, -0.05) is 0 Å². The number of aromatic nitrogens is 1. The normalized spacial score (nSPS) is 21.8. The van der Waals surface area contributed by atoms with Gasteiger partial charge in [-0.2, -0.15) is 13.2 Å². The highest BCUT2D eigenvalue weighted by molar-refractivity contribution is 7.09. The van der Waals surface area contributed by atoms with E-state index in [1.54, 1.807) is 23.0 Å². The zero-order valence-corrected chi connectivity index (χ0v) is 12.2. The molecule has 9 heteroatoms. The molecule has 1 amide bonds. The number of Topliss-reactive ketones (excluding diaryl/α,β-unsaturated/α-hetero) is 1. The number of aliphatic imine (C=N–C) groups is 1. The molecule has 1 unspecified atom stereocenters. The van der Waals surface area contributed by atoms with Gasteiger partial charge in [0, 0.05) is 24.2 Å². The number of halogens is 3. The summed E-state index contributed by atoms with van der Waals surface area (Å²) in [7, 11) is 0. The van der Waals surface area contributed by atoms with Gasteiger partial charge in [-0.3, -0.25) is 14.6 Å². The van der Waals surface area contributed by atoms with Crippen molar-refractivity contribution < 1.29 is 22.8 Å². The number of allylic oxidation sites excluding steroid dienone is 1. The molecule has 0 radical (unpaired) electrons. The van der Waals surface area contributed by atoms with E-state index in [0.29, 0.717) is 5.01 Å². The van der Waals surface area contributed by atoms with Gasteiger partial charge in [0.15, 0.2) is 5.78 Å². The minimum absolute atomic E-state index is 0.142. The van der Waals surface area contributed by atoms with E-state index in [1.165, 1.54) is 30.6 Å². The molecule has 5 nitrogen and oxygen atoms in total. The molecule has 0 aliphatic carbocycles. The van der Waals surface area contributed by atoms with Gasteiger partial charge in [-0.05, 0) is 19.1 Å². The predicted octanol–water partition coefficient (Wildman–Crippen LogP) is 1.70. The summed E-state index contributed by atoms with van der Waals surface area (Å²) >= 11 is 1.32. The fourth-order valence-electron chi connectivity index (χ4n) is 2.05. The Balaban J connectivity index is 2.15. The number of carbonyl (C=O) groups is 2. The first-order chi connectivity index (χ1) is 10.2. The molecule has 2 atom stereocenters. The van der Waals surface area contributed by atoms with E-state index in [-0.39, 0.29) is 6.42 Å². The molecule has 0 saturated heterocycles. The number of nitrogens with zero attached hydrogens (tertiary/aromatic N) is 2. The molecule has 1 aromatic rings. The maximum atomic E-state index is 12.5. The van der Waals surface area contributed by atoms with Crippen molar-refractivity contribution in [3.8, 4) is 0 Å². The van der Waals surface area contributed by atoms with Crippen LogP contribution in [0.4, 0.5) is 13.2 Å². The summed E-state index contributed by atoms with van der Waals surface area (Å²) in [6, 6.07) is -1.33. The number of hydrogen-bond acceptors (Lipinski definition) is 5. The molecule has 1 N–H and O–H groups in total. The lowest BCUT2D eigenvalue weighted by Gasteiger charge is -2.26. The van der Waals surface area contributed by atoms with E-state index in [0.717, 1.165) is 0 Å². The molecule has 0 aromatic carbocycles. The number of carbonyl (C=O) groups excluding carboxylic acids is 2. The molecule has 22 heavy (non-hydrogen) atoms. The molecule has 1 aliphatic rings. The number of thiazole rings is 1. The third-order valence-corrected chi connectivity index (χ3v) is 3.87. The van der Waals surface area contributed by atoms with Crippen molar-refractivity contribution in [3.63, 3.8) is 0 Å². The molecule has 0 spiro atoms. The van der Waals surface area contributed by atoms with E-state index >= 15 is 0 Å². The maximum Gasteiger partial charge on any atom is 0.471 e. The summed E-state index contributed by atoms with van der Waals surface area (Å²) < 4.78 is 36.8. The first kappa shape index (κ1) is 16.3. The molecule has 0 saturated carbocycles. The lowest BCUT2D eigenvalue weighted by molar-refractivity contribution is -0.174. The highest BCUT2D eigenvalue weighted by atomic mass is 32.1. The average molecular weight is 331 g/mol. The smallest absolute Gasteiger partial charge is 0.339 e. The maximum absolute atomic E-state index is 12.5. The molecular formula is C13H12F3N3O2S. The van der Waals surface area contributed by atoms with Crippen LogP contribution in [0.15, 0.2) is 28.7 Å². The Kier molecular flexibility index (Phi) is 4.45. The lowest BCUT2D eigenvalue weighted by Crippen LogP contribution is -2.52. The number of amides is 1. The van der Waals surface area contributed by atoms with Crippen molar-refractivity contribution in [1.29, 1.82) is 0 Å². The summed E-state index contributed by atoms with van der Waals surface area (Å²) in [5.41, 5.74) is -1.32. The Labute approximate surface area is 128 Å². The number of ketones is 1. The Bertz CT molecular complexity index is 611. The molecule has 118 valence electrons. The van der Waals surface area contributed by atoms with Gasteiger partial charge in [0.1, 0.15) is 5.54 Å². The van der Waals surface area contributed by atoms with Crippen LogP contribution in [0, 0.1) is 0 Å². The van der Waals surface area contributed by atoms with Gasteiger partial charge in [0.05, 0.1) is 11.0 Å². The van der Waals surface area contributed by atoms with E-state index in [2.05, 4.69) is 9.98 Å². The van der Waals surface area contributed by atoms with Crippen molar-refractivity contribution in [2.24, 2.45) is 4.99 Å². The molecule has 0 fully saturated rings. The zero-order chi connectivity index (χ0) is 16.4. The number of nitrogens with one attached hydrogen (secondary N) is 1. The minimum atomic E-state index is -5.04. The van der Waals surface area contributed by atoms with E-state index in [4.69, 9.17) is 0 Å². The largest absolute Gasteiger partial charge is 0.471 e. The van der Waals surface area contributed by atoms with E-state index < -0.39 is 29.4 Å². The Morgan fingerprint density at radius 3 is 2.68 bits per heavy atom. The van der Waals surface area contributed by atoms with Gasteiger partial charge in [0.2, 0.25) is 0 Å². The van der Waals surface area contributed by atoms with Gasteiger partial charge in [0.25, 0.3) is 0 Å². The van der Waals surface area contributed by atoms with Crippen LogP contribution in [-0.2, 0) is 16.0 Å². The second kappa shape index (κ2) is 5.99. The second-order valence-corrected chi connectivity index (χ2v) is 5.70. The molecule has 2 rings (SSSR count). The lowest BCUT2D eigenvalue weighted by atomic mass is 9.88. The highest BCUT2D eigenvalue weighted by Gasteiger charge is 2.44. The van der Waals surface area contributed by atoms with Crippen LogP contribution >= 0.6 is 11.3 Å². The Morgan fingerprint density at radius 1 is 1.45 bits per heavy atom. The highest BCUT2D eigenvalue weighted by Crippen LogP contribution is 2.27. The van der Waals surface area contributed by atoms with Crippen LogP contribution in [0.5, 0.6) is 0 Å². The fraction of sp³-hybridized carbons (Fsp3) is 0.385. The average Bonchev–Trinajstić information content (AvgIpc) is 3.09. The summed E-state index contributed by atoms with van der Waals surface area (Å²) in [6.07, 6.45) is 1.13. The van der Waals surface area contributed by atoms with Gasteiger partial charge in [-0.25, -0.2) is 4.98 Å². The van der Waals surface area contributed by atoms with Crippen LogP contribution in [-0.4, -0.2) is 40.6 Å². The van der Waals surface area contributed by atoms with Gasteiger partial charge < -0.3 is 5.32 Å². The SMILES string of the molecule is C[C@H](NC(=O)C(F)(F)F)C(=O)C1(Cc2nccs2)C=CC=N1. The predicted molar refractivity (Wildman–Crippen MR) is 74.8 cm³/mol. The van der Waals surface area contributed by atoms with E-state index in [9.17, 15) is 22.8 Å². The van der Waals surface area contributed by atoms with Crippen LogP contribution in [0.1, 0.15) is 11.9 Å². The van der Waals surface area contributed by atoms with Crippen molar-refractivity contribution in [3.05, 3.63) is 28.7 Å². The summed E-state index contributed by atoms with van der Waals surface area (Å²) in [5, 5.41) is 4.02. The number of hydrogen-bond donors (Lipinski definition) is 1. The first-order valence-electron chi connectivity index (χ1n) is 6.28. The van der Waals surface area contributed by atoms with Crippen LogP contribution in [0.3, 0.4) is 0 Å². The minimum Gasteiger partial charge on any atom is -0.339 e. The third kappa shape index (κ3) is 3.41. The van der Waals surface area contributed by atoms with E-state index in [1.807, 2.05) is 0 Å². The quantitative estimate of drug-likeness (QED) is 0.893. The monoisotopic (exact) mass is 331 g/mol. The summed E-state index contributed by atoms with van der Waals surface area (Å²) in [5.74, 6) is -2.77. The number of rotatable bonds is 5. The van der Waals surface area contributed by atoms with Crippen molar-refractivity contribution in [2.75, 3.05) is 0 Å². The standard InChI is InChI=1S/C13H12F3N3O2S/c1-8(19-11(21)13(14,15)16)10(20)12(3-2-4-18-12)7-9-17-5-6-22-9/h2-6,8H,7H2,1H3,(H,19,21)/t8-,12?/m0/s1. The molecule has 1 aliphatic heterocycles. The Morgan fingerprint density at radius 2 is 2.18 bits per heavy atom. The van der Waals surface area contributed by atoms with Gasteiger partial charge >= 0.3 is 12.1 Å². The Hall–Kier alpha value is -2.03. The summed E-state index contributed by atoms with van der Waals surface area (Å²) in [4.78, 5) is 31.6. The second-order valence-electron chi connectivity index (χ2n) is 4.72. The molecular weight excluding hydrogens is 319 g/mol. The zero-order valence-electron chi connectivity index (χ0n) is 11.4. The van der Waals surface area contributed by atoms with Gasteiger partial charge in [-0.15, -0.1) is 11.3 Å². The van der Waals surface area contributed by atoms with Crippen LogP contribution < -0.4 is 5.32 Å².